The second-order valence-corrected chi connectivity index (χ2v) is 6.09. The molecule has 0 saturated carbocycles. The van der Waals surface area contributed by atoms with Crippen molar-refractivity contribution in [1.29, 1.82) is 0 Å². The third-order valence-electron chi connectivity index (χ3n) is 3.21. The molecular weight excluding hydrogens is 294 g/mol. The van der Waals surface area contributed by atoms with Gasteiger partial charge in [-0.25, -0.2) is 4.98 Å². The summed E-state index contributed by atoms with van der Waals surface area (Å²) in [7, 11) is 2.06. The van der Waals surface area contributed by atoms with Crippen LogP contribution in [0.1, 0.15) is 17.1 Å². The number of carbonyl (C=O) groups is 1. The Hall–Kier alpha value is -2.14. The lowest BCUT2D eigenvalue weighted by Gasteiger charge is -2.18. The van der Waals surface area contributed by atoms with Crippen LogP contribution in [0.25, 0.3) is 6.08 Å². The Morgan fingerprint density at radius 2 is 2.14 bits per heavy atom. The van der Waals surface area contributed by atoms with Crippen LogP contribution in [0.15, 0.2) is 41.8 Å². The van der Waals surface area contributed by atoms with E-state index < -0.39 is 0 Å². The average Bonchev–Trinajstić information content (AvgIpc) is 2.96. The number of hydrogen-bond acceptors (Lipinski definition) is 4. The SMILES string of the molecule is Cc1nc(/C=C/C(=O)NCCCN(C)c2ccccc2)cs1. The molecule has 1 aromatic carbocycles. The van der Waals surface area contributed by atoms with Gasteiger partial charge in [-0.15, -0.1) is 11.3 Å². The molecule has 1 aromatic heterocycles. The Balaban J connectivity index is 1.66. The minimum atomic E-state index is -0.0759. The number of aryl methyl sites for hydroxylation is 1. The van der Waals surface area contributed by atoms with Crippen LogP contribution in [0.5, 0.6) is 0 Å². The Bertz CT molecular complexity index is 622. The van der Waals surface area contributed by atoms with Crippen LogP contribution in [0.4, 0.5) is 5.69 Å². The lowest BCUT2D eigenvalue weighted by Crippen LogP contribution is -2.26. The Labute approximate surface area is 135 Å². The van der Waals surface area contributed by atoms with Crippen LogP contribution in [0.2, 0.25) is 0 Å². The van der Waals surface area contributed by atoms with Crippen molar-refractivity contribution >= 4 is 29.0 Å². The first-order chi connectivity index (χ1) is 10.6. The summed E-state index contributed by atoms with van der Waals surface area (Å²) in [6.07, 6.45) is 4.19. The second-order valence-electron chi connectivity index (χ2n) is 5.03. The minimum Gasteiger partial charge on any atom is -0.375 e. The molecule has 1 N–H and O–H groups in total. The highest BCUT2D eigenvalue weighted by Crippen LogP contribution is 2.11. The van der Waals surface area contributed by atoms with Crippen LogP contribution in [0.3, 0.4) is 0 Å². The Kier molecular flexibility index (Phi) is 6.15. The summed E-state index contributed by atoms with van der Waals surface area (Å²) >= 11 is 1.58. The molecule has 1 amide bonds. The molecule has 0 unspecified atom stereocenters. The van der Waals surface area contributed by atoms with E-state index in [2.05, 4.69) is 34.4 Å². The van der Waals surface area contributed by atoms with Crippen LogP contribution < -0.4 is 10.2 Å². The van der Waals surface area contributed by atoms with Crippen LogP contribution in [-0.4, -0.2) is 31.0 Å². The van der Waals surface area contributed by atoms with Crippen LogP contribution in [0, 0.1) is 6.92 Å². The number of para-hydroxylation sites is 1. The maximum atomic E-state index is 11.7. The molecule has 5 heteroatoms. The summed E-state index contributed by atoms with van der Waals surface area (Å²) in [5, 5.41) is 5.83. The number of benzene rings is 1. The predicted molar refractivity (Wildman–Crippen MR) is 93.2 cm³/mol. The van der Waals surface area contributed by atoms with Gasteiger partial charge in [-0.05, 0) is 31.6 Å². The highest BCUT2D eigenvalue weighted by atomic mass is 32.1. The number of anilines is 1. The topological polar surface area (TPSA) is 45.2 Å². The van der Waals surface area contributed by atoms with Gasteiger partial charge in [0.25, 0.3) is 0 Å². The molecule has 0 aliphatic rings. The van der Waals surface area contributed by atoms with E-state index in [0.717, 1.165) is 23.7 Å². The van der Waals surface area contributed by atoms with E-state index in [-0.39, 0.29) is 5.91 Å². The molecule has 0 bridgehead atoms. The molecule has 0 spiro atoms. The van der Waals surface area contributed by atoms with Crippen LogP contribution in [-0.2, 0) is 4.79 Å². The molecule has 1 heterocycles. The predicted octanol–water partition coefficient (Wildman–Crippen LogP) is 3.11. The van der Waals surface area contributed by atoms with E-state index >= 15 is 0 Å². The number of aromatic nitrogens is 1. The van der Waals surface area contributed by atoms with Gasteiger partial charge in [-0.1, -0.05) is 18.2 Å². The monoisotopic (exact) mass is 315 g/mol. The largest absolute Gasteiger partial charge is 0.375 e. The van der Waals surface area contributed by atoms with Crippen molar-refractivity contribution in [3.63, 3.8) is 0 Å². The van der Waals surface area contributed by atoms with Crippen molar-refractivity contribution in [2.24, 2.45) is 0 Å². The molecule has 22 heavy (non-hydrogen) atoms. The molecule has 2 aromatic rings. The van der Waals surface area contributed by atoms with Crippen molar-refractivity contribution in [1.82, 2.24) is 10.3 Å². The van der Waals surface area contributed by atoms with Crippen molar-refractivity contribution in [2.45, 2.75) is 13.3 Å². The van der Waals surface area contributed by atoms with Crippen LogP contribution >= 0.6 is 11.3 Å². The zero-order valence-corrected chi connectivity index (χ0v) is 13.8. The standard InChI is InChI=1S/C17H21N3OS/c1-14-19-15(13-22-14)9-10-17(21)18-11-6-12-20(2)16-7-4-3-5-8-16/h3-5,7-10,13H,6,11-12H2,1-2H3,(H,18,21)/b10-9+. The van der Waals surface area contributed by atoms with Crippen molar-refractivity contribution < 1.29 is 4.79 Å². The third-order valence-corrected chi connectivity index (χ3v) is 4.00. The van der Waals surface area contributed by atoms with Gasteiger partial charge in [-0.2, -0.15) is 0 Å². The van der Waals surface area contributed by atoms with Gasteiger partial charge in [0.15, 0.2) is 0 Å². The molecule has 4 nitrogen and oxygen atoms in total. The average molecular weight is 315 g/mol. The zero-order chi connectivity index (χ0) is 15.8. The van der Waals surface area contributed by atoms with Crippen molar-refractivity contribution in [2.75, 3.05) is 25.0 Å². The first kappa shape index (κ1) is 16.2. The minimum absolute atomic E-state index is 0.0759. The van der Waals surface area contributed by atoms with Gasteiger partial charge in [0.05, 0.1) is 10.7 Å². The smallest absolute Gasteiger partial charge is 0.244 e. The van der Waals surface area contributed by atoms with Gasteiger partial charge in [-0.3, -0.25) is 4.79 Å². The number of amides is 1. The summed E-state index contributed by atoms with van der Waals surface area (Å²) in [4.78, 5) is 18.2. The lowest BCUT2D eigenvalue weighted by molar-refractivity contribution is -0.116. The highest BCUT2D eigenvalue weighted by molar-refractivity contribution is 7.09. The van der Waals surface area contributed by atoms with Crippen molar-refractivity contribution in [3.05, 3.63) is 52.5 Å². The van der Waals surface area contributed by atoms with Gasteiger partial charge in [0.2, 0.25) is 5.91 Å². The number of carbonyl (C=O) groups excluding carboxylic acids is 1. The van der Waals surface area contributed by atoms with E-state index in [1.54, 1.807) is 17.4 Å². The Morgan fingerprint density at radius 1 is 1.36 bits per heavy atom. The summed E-state index contributed by atoms with van der Waals surface area (Å²) in [6.45, 7) is 3.51. The van der Waals surface area contributed by atoms with E-state index in [0.29, 0.717) is 6.54 Å². The van der Waals surface area contributed by atoms with E-state index in [9.17, 15) is 4.79 Å². The lowest BCUT2D eigenvalue weighted by atomic mass is 10.3. The molecule has 0 atom stereocenters. The first-order valence-electron chi connectivity index (χ1n) is 7.29. The first-order valence-corrected chi connectivity index (χ1v) is 8.17. The number of nitrogens with zero attached hydrogens (tertiary/aromatic N) is 2. The summed E-state index contributed by atoms with van der Waals surface area (Å²) in [5.41, 5.74) is 2.02. The number of nitrogens with one attached hydrogen (secondary N) is 1. The normalized spacial score (nSPS) is 10.8. The molecule has 0 radical (unpaired) electrons. The zero-order valence-electron chi connectivity index (χ0n) is 13.0. The van der Waals surface area contributed by atoms with E-state index in [4.69, 9.17) is 0 Å². The van der Waals surface area contributed by atoms with E-state index in [1.165, 1.54) is 11.8 Å². The summed E-state index contributed by atoms with van der Waals surface area (Å²) in [6, 6.07) is 10.2. The number of rotatable bonds is 7. The van der Waals surface area contributed by atoms with Gasteiger partial charge >= 0.3 is 0 Å². The highest BCUT2D eigenvalue weighted by Gasteiger charge is 2.00. The van der Waals surface area contributed by atoms with Gasteiger partial charge in [0.1, 0.15) is 0 Å². The third kappa shape index (κ3) is 5.33. The molecular formula is C17H21N3OS. The van der Waals surface area contributed by atoms with Gasteiger partial charge < -0.3 is 10.2 Å². The van der Waals surface area contributed by atoms with Crippen molar-refractivity contribution in [3.8, 4) is 0 Å². The fourth-order valence-corrected chi connectivity index (χ4v) is 2.60. The maximum absolute atomic E-state index is 11.7. The molecule has 0 aliphatic heterocycles. The second kappa shape index (κ2) is 8.34. The summed E-state index contributed by atoms with van der Waals surface area (Å²) < 4.78 is 0. The molecule has 116 valence electrons. The fourth-order valence-electron chi connectivity index (χ4n) is 2.02. The molecule has 0 aliphatic carbocycles. The molecule has 2 rings (SSSR count). The molecule has 0 saturated heterocycles. The quantitative estimate of drug-likeness (QED) is 0.631. The molecule has 0 fully saturated rings. The number of hydrogen-bond donors (Lipinski definition) is 1. The fraction of sp³-hybridized carbons (Fsp3) is 0.294. The van der Waals surface area contributed by atoms with Gasteiger partial charge in [0, 0.05) is 37.3 Å². The maximum Gasteiger partial charge on any atom is 0.244 e. The Morgan fingerprint density at radius 3 is 2.82 bits per heavy atom. The number of thiazole rings is 1. The summed E-state index contributed by atoms with van der Waals surface area (Å²) in [5.74, 6) is -0.0759. The van der Waals surface area contributed by atoms with E-state index in [1.807, 2.05) is 30.5 Å².